The molecule has 3 rings (SSSR count). The lowest BCUT2D eigenvalue weighted by atomic mass is 10.1. The minimum Gasteiger partial charge on any atom is -0.491 e. The first kappa shape index (κ1) is 18.5. The van der Waals surface area contributed by atoms with Crippen LogP contribution < -0.4 is 10.1 Å². The number of nitrogens with one attached hydrogen (secondary N) is 1. The molecule has 1 N–H and O–H groups in total. The molecule has 0 aliphatic rings. The van der Waals surface area contributed by atoms with Gasteiger partial charge in [-0.1, -0.05) is 12.1 Å². The number of hydrogen-bond donors (Lipinski definition) is 1. The van der Waals surface area contributed by atoms with Crippen LogP contribution in [0.1, 0.15) is 41.7 Å². The fourth-order valence-electron chi connectivity index (χ4n) is 2.65. The maximum atomic E-state index is 12.7. The number of carbonyl (C=O) groups excluding carboxylic acids is 2. The first-order chi connectivity index (χ1) is 13.0. The lowest BCUT2D eigenvalue weighted by Crippen LogP contribution is -2.15. The number of esters is 1. The number of furan rings is 1. The van der Waals surface area contributed by atoms with Crippen LogP contribution in [0.2, 0.25) is 0 Å². The molecule has 6 heteroatoms. The second-order valence-electron chi connectivity index (χ2n) is 6.17. The number of anilines is 1. The summed E-state index contributed by atoms with van der Waals surface area (Å²) in [4.78, 5) is 24.9. The van der Waals surface area contributed by atoms with Crippen molar-refractivity contribution < 1.29 is 23.5 Å². The largest absolute Gasteiger partial charge is 0.491 e. The molecule has 0 unspecified atom stereocenters. The molecule has 0 radical (unpaired) electrons. The molecule has 0 bridgehead atoms. The molecule has 0 fully saturated rings. The van der Waals surface area contributed by atoms with Gasteiger partial charge < -0.3 is 19.2 Å². The highest BCUT2D eigenvalue weighted by Gasteiger charge is 2.23. The lowest BCUT2D eigenvalue weighted by Gasteiger charge is -2.10. The zero-order valence-electron chi connectivity index (χ0n) is 15.4. The molecule has 0 aliphatic heterocycles. The number of hydrogen-bond acceptors (Lipinski definition) is 5. The maximum Gasteiger partial charge on any atom is 0.376 e. The number of benzene rings is 2. The van der Waals surface area contributed by atoms with Crippen LogP contribution in [-0.4, -0.2) is 24.6 Å². The Labute approximate surface area is 157 Å². The fourth-order valence-corrected chi connectivity index (χ4v) is 2.65. The molecule has 0 saturated carbocycles. The molecule has 2 aromatic carbocycles. The highest BCUT2D eigenvalue weighted by Crippen LogP contribution is 2.32. The van der Waals surface area contributed by atoms with Gasteiger partial charge in [-0.05, 0) is 57.2 Å². The summed E-state index contributed by atoms with van der Waals surface area (Å²) in [6.07, 6.45) is 0.0501. The normalized spacial score (nSPS) is 10.8. The van der Waals surface area contributed by atoms with Crippen molar-refractivity contribution in [3.05, 3.63) is 59.9 Å². The topological polar surface area (TPSA) is 77.8 Å². The van der Waals surface area contributed by atoms with Gasteiger partial charge >= 0.3 is 5.97 Å². The Kier molecular flexibility index (Phi) is 5.45. The number of rotatable bonds is 6. The third-order valence-corrected chi connectivity index (χ3v) is 3.78. The van der Waals surface area contributed by atoms with Crippen molar-refractivity contribution in [2.75, 3.05) is 11.9 Å². The van der Waals surface area contributed by atoms with Crippen molar-refractivity contribution in [2.45, 2.75) is 26.9 Å². The van der Waals surface area contributed by atoms with Crippen LogP contribution >= 0.6 is 0 Å². The van der Waals surface area contributed by atoms with Crippen molar-refractivity contribution >= 4 is 28.5 Å². The van der Waals surface area contributed by atoms with Gasteiger partial charge in [0.2, 0.25) is 5.76 Å². The predicted octanol–water partition coefficient (Wildman–Crippen LogP) is 4.65. The van der Waals surface area contributed by atoms with Crippen LogP contribution in [0.4, 0.5) is 5.69 Å². The molecule has 1 heterocycles. The van der Waals surface area contributed by atoms with E-state index in [1.165, 1.54) is 0 Å². The second kappa shape index (κ2) is 7.95. The van der Waals surface area contributed by atoms with Gasteiger partial charge in [-0.15, -0.1) is 0 Å². The highest BCUT2D eigenvalue weighted by molar-refractivity contribution is 6.13. The van der Waals surface area contributed by atoms with E-state index in [0.717, 1.165) is 0 Å². The van der Waals surface area contributed by atoms with Crippen molar-refractivity contribution in [2.24, 2.45) is 0 Å². The molecule has 0 aliphatic carbocycles. The summed E-state index contributed by atoms with van der Waals surface area (Å²) in [5.41, 5.74) is 1.24. The molecule has 1 amide bonds. The molecule has 140 valence electrons. The molecule has 1 aromatic heterocycles. The Morgan fingerprint density at radius 3 is 2.44 bits per heavy atom. The average Bonchev–Trinajstić information content (AvgIpc) is 3.01. The standard InChI is InChI=1S/C21H21NO5/c1-4-25-21(24)19-18(16-7-5-6-8-17(16)27-19)22-20(23)14-9-11-15(12-10-14)26-13(2)3/h5-13H,4H2,1-3H3,(H,22,23). The van der Waals surface area contributed by atoms with Crippen LogP contribution in [0.25, 0.3) is 11.0 Å². The van der Waals surface area contributed by atoms with Gasteiger partial charge in [0, 0.05) is 10.9 Å². The lowest BCUT2D eigenvalue weighted by molar-refractivity contribution is 0.0494. The summed E-state index contributed by atoms with van der Waals surface area (Å²) in [6.45, 7) is 5.78. The van der Waals surface area contributed by atoms with Gasteiger partial charge in [-0.2, -0.15) is 0 Å². The molecular formula is C21H21NO5. The highest BCUT2D eigenvalue weighted by atomic mass is 16.5. The first-order valence-corrected chi connectivity index (χ1v) is 8.76. The van der Waals surface area contributed by atoms with E-state index >= 15 is 0 Å². The van der Waals surface area contributed by atoms with E-state index in [4.69, 9.17) is 13.9 Å². The van der Waals surface area contributed by atoms with Crippen LogP contribution in [0.3, 0.4) is 0 Å². The van der Waals surface area contributed by atoms with E-state index in [1.807, 2.05) is 13.8 Å². The van der Waals surface area contributed by atoms with Crippen LogP contribution in [-0.2, 0) is 4.74 Å². The zero-order valence-corrected chi connectivity index (χ0v) is 15.4. The predicted molar refractivity (Wildman–Crippen MR) is 102 cm³/mol. The molecular weight excluding hydrogens is 346 g/mol. The number of carbonyl (C=O) groups is 2. The van der Waals surface area contributed by atoms with E-state index in [1.54, 1.807) is 55.5 Å². The Hall–Kier alpha value is -3.28. The van der Waals surface area contributed by atoms with E-state index in [9.17, 15) is 9.59 Å². The van der Waals surface area contributed by atoms with Gasteiger partial charge in [0.25, 0.3) is 5.91 Å². The van der Waals surface area contributed by atoms with Gasteiger partial charge in [0.05, 0.1) is 12.7 Å². The van der Waals surface area contributed by atoms with Crippen LogP contribution in [0.15, 0.2) is 52.9 Å². The third-order valence-electron chi connectivity index (χ3n) is 3.78. The Morgan fingerprint density at radius 1 is 1.07 bits per heavy atom. The Bertz CT molecular complexity index is 956. The summed E-state index contributed by atoms with van der Waals surface area (Å²) in [7, 11) is 0. The summed E-state index contributed by atoms with van der Waals surface area (Å²) in [5.74, 6) is -0.318. The quantitative estimate of drug-likeness (QED) is 0.642. The molecule has 0 atom stereocenters. The van der Waals surface area contributed by atoms with Crippen LogP contribution in [0.5, 0.6) is 5.75 Å². The molecule has 27 heavy (non-hydrogen) atoms. The molecule has 3 aromatic rings. The van der Waals surface area contributed by atoms with Gasteiger partial charge in [-0.25, -0.2) is 4.79 Å². The van der Waals surface area contributed by atoms with Gasteiger partial charge in [0.1, 0.15) is 17.0 Å². The number of para-hydroxylation sites is 1. The van der Waals surface area contributed by atoms with Crippen molar-refractivity contribution in [3.8, 4) is 5.75 Å². The van der Waals surface area contributed by atoms with E-state index in [-0.39, 0.29) is 24.4 Å². The number of fused-ring (bicyclic) bond motifs is 1. The Morgan fingerprint density at radius 2 is 1.78 bits per heavy atom. The van der Waals surface area contributed by atoms with Gasteiger partial charge in [-0.3, -0.25) is 4.79 Å². The Balaban J connectivity index is 1.90. The minimum atomic E-state index is -0.621. The van der Waals surface area contributed by atoms with E-state index < -0.39 is 5.97 Å². The average molecular weight is 367 g/mol. The smallest absolute Gasteiger partial charge is 0.376 e. The van der Waals surface area contributed by atoms with Gasteiger partial charge in [0.15, 0.2) is 0 Å². The SMILES string of the molecule is CCOC(=O)c1oc2ccccc2c1NC(=O)c1ccc(OC(C)C)cc1. The van der Waals surface area contributed by atoms with Crippen LogP contribution in [0, 0.1) is 0 Å². The number of amides is 1. The maximum absolute atomic E-state index is 12.7. The second-order valence-corrected chi connectivity index (χ2v) is 6.17. The molecule has 0 saturated heterocycles. The number of ether oxygens (including phenoxy) is 2. The van der Waals surface area contributed by atoms with E-state index in [0.29, 0.717) is 28.0 Å². The minimum absolute atomic E-state index is 0.0221. The summed E-state index contributed by atoms with van der Waals surface area (Å²) < 4.78 is 16.2. The molecule has 6 nitrogen and oxygen atoms in total. The molecule has 0 spiro atoms. The summed E-state index contributed by atoms with van der Waals surface area (Å²) in [6, 6.07) is 13.9. The van der Waals surface area contributed by atoms with Crippen molar-refractivity contribution in [3.63, 3.8) is 0 Å². The van der Waals surface area contributed by atoms with Crippen molar-refractivity contribution in [1.29, 1.82) is 0 Å². The fraction of sp³-hybridized carbons (Fsp3) is 0.238. The third kappa shape index (κ3) is 4.11. The summed E-state index contributed by atoms with van der Waals surface area (Å²) in [5, 5.41) is 3.41. The monoisotopic (exact) mass is 367 g/mol. The van der Waals surface area contributed by atoms with Crippen molar-refractivity contribution in [1.82, 2.24) is 0 Å². The zero-order chi connectivity index (χ0) is 19.4. The first-order valence-electron chi connectivity index (χ1n) is 8.76. The van der Waals surface area contributed by atoms with E-state index in [2.05, 4.69) is 5.32 Å². The summed E-state index contributed by atoms with van der Waals surface area (Å²) >= 11 is 0.